The Hall–Kier alpha value is -1.29. The van der Waals surface area contributed by atoms with E-state index in [2.05, 4.69) is 20.2 Å². The average molecular weight is 330 g/mol. The summed E-state index contributed by atoms with van der Waals surface area (Å²) in [6.45, 7) is 4.26. The molecule has 116 valence electrons. The van der Waals surface area contributed by atoms with E-state index in [9.17, 15) is 8.42 Å². The van der Waals surface area contributed by atoms with Gasteiger partial charge in [0.05, 0.1) is 0 Å². The molecule has 0 aliphatic heterocycles. The number of thiophene rings is 1. The molecular formula is C12H18N4O3S2. The Balaban J connectivity index is 2.06. The third kappa shape index (κ3) is 3.88. The minimum atomic E-state index is -3.53. The van der Waals surface area contributed by atoms with Crippen LogP contribution in [0, 0.1) is 13.8 Å². The predicted octanol–water partition coefficient (Wildman–Crippen LogP) is 0.988. The molecule has 0 atom stereocenters. The molecule has 2 heterocycles. The molecule has 2 aromatic heterocycles. The summed E-state index contributed by atoms with van der Waals surface area (Å²) < 4.78 is 32.3. The fraction of sp³-hybridized carbons (Fsp3) is 0.500. The lowest BCUT2D eigenvalue weighted by molar-refractivity contribution is 0.375. The molecule has 0 radical (unpaired) electrons. The van der Waals surface area contributed by atoms with Crippen molar-refractivity contribution in [1.82, 2.24) is 20.2 Å². The van der Waals surface area contributed by atoms with Crippen molar-refractivity contribution in [3.05, 3.63) is 27.5 Å². The molecule has 7 nitrogen and oxygen atoms in total. The van der Waals surface area contributed by atoms with E-state index in [1.807, 2.05) is 5.38 Å². The van der Waals surface area contributed by atoms with Crippen molar-refractivity contribution < 1.29 is 12.9 Å². The van der Waals surface area contributed by atoms with E-state index in [1.54, 1.807) is 20.9 Å². The smallest absolute Gasteiger partial charge is 0.241 e. The summed E-state index contributed by atoms with van der Waals surface area (Å²) >= 11 is 1.44. The summed E-state index contributed by atoms with van der Waals surface area (Å²) in [5.74, 6) is 0.963. The topological polar surface area (TPSA) is 97.1 Å². The van der Waals surface area contributed by atoms with Crippen LogP contribution < -0.4 is 10.0 Å². The molecule has 0 amide bonds. The first-order valence-corrected chi connectivity index (χ1v) is 8.80. The van der Waals surface area contributed by atoms with E-state index in [-0.39, 0.29) is 6.54 Å². The van der Waals surface area contributed by atoms with Gasteiger partial charge in [-0.2, -0.15) is 4.98 Å². The van der Waals surface area contributed by atoms with Gasteiger partial charge in [0.1, 0.15) is 4.90 Å². The van der Waals surface area contributed by atoms with Gasteiger partial charge in [-0.25, -0.2) is 13.1 Å². The fourth-order valence-electron chi connectivity index (χ4n) is 1.94. The van der Waals surface area contributed by atoms with Crippen molar-refractivity contribution in [1.29, 1.82) is 0 Å². The number of aromatic nitrogens is 2. The second-order valence-corrected chi connectivity index (χ2v) is 7.25. The van der Waals surface area contributed by atoms with Crippen LogP contribution in [0.15, 0.2) is 14.8 Å². The lowest BCUT2D eigenvalue weighted by Gasteiger charge is -2.08. The Labute approximate surface area is 127 Å². The Bertz CT molecular complexity index is 706. The maximum Gasteiger partial charge on any atom is 0.241 e. The molecule has 0 aliphatic rings. The van der Waals surface area contributed by atoms with Crippen LogP contribution in [0.2, 0.25) is 0 Å². The van der Waals surface area contributed by atoms with Crippen molar-refractivity contribution in [2.24, 2.45) is 0 Å². The minimum absolute atomic E-state index is 0.220. The van der Waals surface area contributed by atoms with Crippen molar-refractivity contribution >= 4 is 21.4 Å². The molecule has 0 aliphatic carbocycles. The Morgan fingerprint density at radius 1 is 1.38 bits per heavy atom. The van der Waals surface area contributed by atoms with Gasteiger partial charge >= 0.3 is 0 Å². The lowest BCUT2D eigenvalue weighted by Crippen LogP contribution is -2.27. The molecule has 0 fully saturated rings. The average Bonchev–Trinajstić information content (AvgIpc) is 2.97. The predicted molar refractivity (Wildman–Crippen MR) is 79.7 cm³/mol. The molecule has 0 aromatic carbocycles. The van der Waals surface area contributed by atoms with Crippen molar-refractivity contribution in [3.8, 4) is 0 Å². The van der Waals surface area contributed by atoms with E-state index in [0.29, 0.717) is 29.6 Å². The van der Waals surface area contributed by atoms with Crippen LogP contribution in [-0.2, 0) is 23.0 Å². The molecule has 0 saturated heterocycles. The van der Waals surface area contributed by atoms with Crippen molar-refractivity contribution in [2.45, 2.75) is 31.7 Å². The van der Waals surface area contributed by atoms with Gasteiger partial charge in [0.15, 0.2) is 5.82 Å². The first-order chi connectivity index (χ1) is 9.94. The van der Waals surface area contributed by atoms with Crippen molar-refractivity contribution in [2.75, 3.05) is 13.6 Å². The molecule has 21 heavy (non-hydrogen) atoms. The van der Waals surface area contributed by atoms with E-state index in [4.69, 9.17) is 4.52 Å². The third-order valence-electron chi connectivity index (χ3n) is 2.80. The standard InChI is InChI=1S/C12H18N4O3S2/c1-8-7-20-10(6-13-3)12(8)21(17,18)14-5-4-11-15-9(2)16-19-11/h7,13-14H,4-6H2,1-3H3. The van der Waals surface area contributed by atoms with Crippen LogP contribution in [0.1, 0.15) is 22.2 Å². The zero-order chi connectivity index (χ0) is 15.5. The van der Waals surface area contributed by atoms with Gasteiger partial charge in [-0.1, -0.05) is 5.16 Å². The maximum absolute atomic E-state index is 12.4. The van der Waals surface area contributed by atoms with Gasteiger partial charge in [-0.15, -0.1) is 11.3 Å². The molecule has 0 bridgehead atoms. The Morgan fingerprint density at radius 3 is 2.76 bits per heavy atom. The SMILES string of the molecule is CNCc1scc(C)c1S(=O)(=O)NCCc1nc(C)no1. The molecule has 0 spiro atoms. The van der Waals surface area contributed by atoms with Crippen LogP contribution in [0.3, 0.4) is 0 Å². The van der Waals surface area contributed by atoms with E-state index in [0.717, 1.165) is 10.4 Å². The van der Waals surface area contributed by atoms with Gasteiger partial charge in [0, 0.05) is 24.4 Å². The quantitative estimate of drug-likeness (QED) is 0.786. The fourth-order valence-corrected chi connectivity index (χ4v) is 4.79. The van der Waals surface area contributed by atoms with Gasteiger partial charge in [0.2, 0.25) is 15.9 Å². The molecule has 2 aromatic rings. The van der Waals surface area contributed by atoms with Crippen LogP contribution in [0.25, 0.3) is 0 Å². The lowest BCUT2D eigenvalue weighted by atomic mass is 10.3. The van der Waals surface area contributed by atoms with E-state index >= 15 is 0 Å². The summed E-state index contributed by atoms with van der Waals surface area (Å²) in [7, 11) is -1.74. The zero-order valence-electron chi connectivity index (χ0n) is 12.1. The first kappa shape index (κ1) is 16.1. The first-order valence-electron chi connectivity index (χ1n) is 6.44. The summed E-state index contributed by atoms with van der Waals surface area (Å²) in [4.78, 5) is 5.20. The molecule has 2 N–H and O–H groups in total. The Morgan fingerprint density at radius 2 is 2.14 bits per heavy atom. The molecule has 0 unspecified atom stereocenters. The van der Waals surface area contributed by atoms with Crippen LogP contribution >= 0.6 is 11.3 Å². The summed E-state index contributed by atoms with van der Waals surface area (Å²) in [6, 6.07) is 0. The van der Waals surface area contributed by atoms with Crippen molar-refractivity contribution in [3.63, 3.8) is 0 Å². The maximum atomic E-state index is 12.4. The van der Waals surface area contributed by atoms with Crippen LogP contribution in [0.5, 0.6) is 0 Å². The van der Waals surface area contributed by atoms with Crippen LogP contribution in [-0.4, -0.2) is 32.2 Å². The second kappa shape index (κ2) is 6.65. The van der Waals surface area contributed by atoms with Gasteiger partial charge in [0.25, 0.3) is 0 Å². The van der Waals surface area contributed by atoms with Gasteiger partial charge < -0.3 is 9.84 Å². The number of rotatable bonds is 7. The monoisotopic (exact) mass is 330 g/mol. The number of hydrogen-bond acceptors (Lipinski definition) is 7. The summed E-state index contributed by atoms with van der Waals surface area (Å²) in [5, 5.41) is 8.49. The highest BCUT2D eigenvalue weighted by Gasteiger charge is 2.22. The highest BCUT2D eigenvalue weighted by Crippen LogP contribution is 2.26. The number of nitrogens with one attached hydrogen (secondary N) is 2. The third-order valence-corrected chi connectivity index (χ3v) is 5.72. The minimum Gasteiger partial charge on any atom is -0.339 e. The molecule has 9 heteroatoms. The number of hydrogen-bond donors (Lipinski definition) is 2. The number of sulfonamides is 1. The number of aryl methyl sites for hydroxylation is 2. The normalized spacial score (nSPS) is 12.0. The van der Waals surface area contributed by atoms with E-state index in [1.165, 1.54) is 11.3 Å². The second-order valence-electron chi connectivity index (χ2n) is 4.58. The van der Waals surface area contributed by atoms with Crippen LogP contribution in [0.4, 0.5) is 0 Å². The van der Waals surface area contributed by atoms with E-state index < -0.39 is 10.0 Å². The largest absolute Gasteiger partial charge is 0.339 e. The Kier molecular flexibility index (Phi) is 5.09. The number of nitrogens with zero attached hydrogens (tertiary/aromatic N) is 2. The highest BCUT2D eigenvalue weighted by molar-refractivity contribution is 7.89. The zero-order valence-corrected chi connectivity index (χ0v) is 13.8. The summed E-state index contributed by atoms with van der Waals surface area (Å²) in [5.41, 5.74) is 0.756. The molecule has 2 rings (SSSR count). The molecular weight excluding hydrogens is 312 g/mol. The summed E-state index contributed by atoms with van der Waals surface area (Å²) in [6.07, 6.45) is 0.366. The highest BCUT2D eigenvalue weighted by atomic mass is 32.2. The molecule has 0 saturated carbocycles. The van der Waals surface area contributed by atoms with Gasteiger partial charge in [-0.3, -0.25) is 0 Å². The van der Waals surface area contributed by atoms with Gasteiger partial charge in [-0.05, 0) is 31.8 Å².